The molecular formula is C7H10N2OS. The summed E-state index contributed by atoms with van der Waals surface area (Å²) >= 11 is 1.51. The molecule has 0 unspecified atom stereocenters. The van der Waals surface area contributed by atoms with Gasteiger partial charge in [0.15, 0.2) is 5.78 Å². The van der Waals surface area contributed by atoms with Crippen molar-refractivity contribution < 1.29 is 4.79 Å². The zero-order chi connectivity index (χ0) is 8.43. The predicted molar refractivity (Wildman–Crippen MR) is 47.0 cm³/mol. The highest BCUT2D eigenvalue weighted by Crippen LogP contribution is 2.22. The van der Waals surface area contributed by atoms with E-state index in [0.717, 1.165) is 4.90 Å². The maximum atomic E-state index is 10.9. The second-order valence-corrected chi connectivity index (χ2v) is 3.07. The van der Waals surface area contributed by atoms with Crippen molar-refractivity contribution in [1.82, 2.24) is 4.98 Å². The Kier molecular flexibility index (Phi) is 2.24. The molecule has 0 atom stereocenters. The van der Waals surface area contributed by atoms with Gasteiger partial charge in [-0.3, -0.25) is 4.79 Å². The average molecular weight is 170 g/mol. The number of nitrogens with one attached hydrogen (secondary N) is 1. The summed E-state index contributed by atoms with van der Waals surface area (Å²) in [5, 5.41) is 0. The number of Topliss-reactive ketones (excluding diaryl/α,β-unsaturated/α-hetero) is 1. The van der Waals surface area contributed by atoms with Crippen molar-refractivity contribution in [2.24, 2.45) is 0 Å². The summed E-state index contributed by atoms with van der Waals surface area (Å²) in [6.07, 6.45) is 1.91. The number of H-pyrrole nitrogens is 1. The summed E-state index contributed by atoms with van der Waals surface area (Å²) in [5.74, 6) is 0.561. The smallest absolute Gasteiger partial charge is 0.177 e. The van der Waals surface area contributed by atoms with Gasteiger partial charge in [0.2, 0.25) is 0 Å². The van der Waals surface area contributed by atoms with Crippen molar-refractivity contribution >= 4 is 23.4 Å². The lowest BCUT2D eigenvalue weighted by molar-refractivity contribution is 0.101. The fraction of sp³-hybridized carbons (Fsp3) is 0.286. The summed E-state index contributed by atoms with van der Waals surface area (Å²) in [7, 11) is 0. The molecule has 0 bridgehead atoms. The number of carbonyl (C=O) groups excluding carboxylic acids is 1. The van der Waals surface area contributed by atoms with Crippen molar-refractivity contribution in [3.8, 4) is 0 Å². The van der Waals surface area contributed by atoms with Crippen LogP contribution in [0, 0.1) is 0 Å². The molecule has 0 aliphatic carbocycles. The second-order valence-electron chi connectivity index (χ2n) is 2.22. The van der Waals surface area contributed by atoms with Crippen molar-refractivity contribution in [2.45, 2.75) is 11.8 Å². The van der Waals surface area contributed by atoms with Crippen LogP contribution in [0.1, 0.15) is 17.4 Å². The van der Waals surface area contributed by atoms with Gasteiger partial charge in [-0.15, -0.1) is 11.8 Å². The summed E-state index contributed by atoms with van der Waals surface area (Å²) in [5.41, 5.74) is 6.08. The highest BCUT2D eigenvalue weighted by Gasteiger charge is 2.08. The largest absolute Gasteiger partial charge is 0.385 e. The van der Waals surface area contributed by atoms with Gasteiger partial charge in [0.05, 0.1) is 5.69 Å². The molecule has 3 nitrogen and oxygen atoms in total. The number of anilines is 1. The first-order valence-corrected chi connectivity index (χ1v) is 4.41. The van der Waals surface area contributed by atoms with Gasteiger partial charge in [0.1, 0.15) is 5.82 Å². The van der Waals surface area contributed by atoms with Gasteiger partial charge in [-0.05, 0) is 12.3 Å². The Hall–Kier alpha value is -0.900. The number of nitrogens with two attached hydrogens (primary N) is 1. The Morgan fingerprint density at radius 1 is 1.73 bits per heavy atom. The lowest BCUT2D eigenvalue weighted by Gasteiger charge is -1.92. The monoisotopic (exact) mass is 170 g/mol. The van der Waals surface area contributed by atoms with Crippen LogP contribution >= 0.6 is 11.8 Å². The van der Waals surface area contributed by atoms with Crippen LogP contribution in [0.5, 0.6) is 0 Å². The molecule has 4 heteroatoms. The molecule has 11 heavy (non-hydrogen) atoms. The molecule has 0 saturated carbocycles. The van der Waals surface area contributed by atoms with Crippen LogP contribution in [-0.4, -0.2) is 17.0 Å². The maximum absolute atomic E-state index is 10.9. The van der Waals surface area contributed by atoms with Crippen molar-refractivity contribution in [3.05, 3.63) is 11.8 Å². The molecule has 3 N–H and O–H groups in total. The van der Waals surface area contributed by atoms with E-state index in [2.05, 4.69) is 4.98 Å². The van der Waals surface area contributed by atoms with E-state index in [-0.39, 0.29) is 5.78 Å². The topological polar surface area (TPSA) is 58.9 Å². The van der Waals surface area contributed by atoms with Crippen molar-refractivity contribution in [2.75, 3.05) is 12.0 Å². The first kappa shape index (κ1) is 8.20. The number of hydrogen-bond donors (Lipinski definition) is 2. The van der Waals surface area contributed by atoms with E-state index >= 15 is 0 Å². The second kappa shape index (κ2) is 3.00. The molecule has 0 aliphatic rings. The number of carbonyl (C=O) groups is 1. The molecule has 0 aromatic carbocycles. The lowest BCUT2D eigenvalue weighted by Crippen LogP contribution is -1.94. The van der Waals surface area contributed by atoms with Gasteiger partial charge in [-0.2, -0.15) is 0 Å². The molecule has 0 amide bonds. The minimum atomic E-state index is 0.0195. The molecular weight excluding hydrogens is 160 g/mol. The minimum Gasteiger partial charge on any atom is -0.385 e. The Labute approximate surface area is 69.4 Å². The normalized spacial score (nSPS) is 10.0. The van der Waals surface area contributed by atoms with Crippen LogP contribution in [0.2, 0.25) is 0 Å². The van der Waals surface area contributed by atoms with E-state index in [9.17, 15) is 4.79 Å². The highest BCUT2D eigenvalue weighted by atomic mass is 32.2. The lowest BCUT2D eigenvalue weighted by atomic mass is 10.3. The molecule has 60 valence electrons. The molecule has 1 aromatic rings. The zero-order valence-electron chi connectivity index (χ0n) is 6.47. The third kappa shape index (κ3) is 1.57. The van der Waals surface area contributed by atoms with Crippen LogP contribution in [0.25, 0.3) is 0 Å². The number of nitrogen functional groups attached to an aromatic ring is 1. The molecule has 1 aromatic heterocycles. The summed E-state index contributed by atoms with van der Waals surface area (Å²) in [6, 6.07) is 1.77. The van der Waals surface area contributed by atoms with E-state index in [0.29, 0.717) is 11.5 Å². The first-order valence-electron chi connectivity index (χ1n) is 3.18. The molecule has 0 aliphatic heterocycles. The summed E-state index contributed by atoms with van der Waals surface area (Å²) in [4.78, 5) is 14.7. The molecule has 1 heterocycles. The molecule has 1 rings (SSSR count). The van der Waals surface area contributed by atoms with Crippen LogP contribution in [0.4, 0.5) is 5.82 Å². The SMILES string of the molecule is CSc1cc(N)[nH]c1C(C)=O. The fourth-order valence-electron chi connectivity index (χ4n) is 0.878. The van der Waals surface area contributed by atoms with Crippen LogP contribution in [-0.2, 0) is 0 Å². The average Bonchev–Trinajstić information content (AvgIpc) is 2.30. The van der Waals surface area contributed by atoms with Crippen LogP contribution < -0.4 is 5.73 Å². The quantitative estimate of drug-likeness (QED) is 0.522. The van der Waals surface area contributed by atoms with E-state index in [1.807, 2.05) is 6.26 Å². The number of thioether (sulfide) groups is 1. The Bertz CT molecular complexity index is 280. The zero-order valence-corrected chi connectivity index (χ0v) is 7.29. The van der Waals surface area contributed by atoms with E-state index in [1.54, 1.807) is 6.07 Å². The van der Waals surface area contributed by atoms with E-state index in [4.69, 9.17) is 5.73 Å². The van der Waals surface area contributed by atoms with Crippen molar-refractivity contribution in [1.29, 1.82) is 0 Å². The third-order valence-electron chi connectivity index (χ3n) is 1.37. The maximum Gasteiger partial charge on any atom is 0.177 e. The molecule has 0 radical (unpaired) electrons. The minimum absolute atomic E-state index is 0.0195. The fourth-order valence-corrected chi connectivity index (χ4v) is 1.52. The standard InChI is InChI=1S/C7H10N2OS/c1-4(10)7-5(11-2)3-6(8)9-7/h3,9H,8H2,1-2H3. The summed E-state index contributed by atoms with van der Waals surface area (Å²) < 4.78 is 0. The molecule has 0 saturated heterocycles. The molecule has 0 fully saturated rings. The number of rotatable bonds is 2. The third-order valence-corrected chi connectivity index (χ3v) is 2.14. The Morgan fingerprint density at radius 2 is 2.36 bits per heavy atom. The van der Waals surface area contributed by atoms with Gasteiger partial charge in [0, 0.05) is 11.8 Å². The van der Waals surface area contributed by atoms with Gasteiger partial charge in [-0.25, -0.2) is 0 Å². The van der Waals surface area contributed by atoms with Gasteiger partial charge in [-0.1, -0.05) is 0 Å². The summed E-state index contributed by atoms with van der Waals surface area (Å²) in [6.45, 7) is 1.52. The van der Waals surface area contributed by atoms with Gasteiger partial charge >= 0.3 is 0 Å². The van der Waals surface area contributed by atoms with Crippen LogP contribution in [0.3, 0.4) is 0 Å². The van der Waals surface area contributed by atoms with Gasteiger partial charge in [0.25, 0.3) is 0 Å². The van der Waals surface area contributed by atoms with Crippen LogP contribution in [0.15, 0.2) is 11.0 Å². The Morgan fingerprint density at radius 3 is 2.73 bits per heavy atom. The van der Waals surface area contributed by atoms with Crippen molar-refractivity contribution in [3.63, 3.8) is 0 Å². The van der Waals surface area contributed by atoms with E-state index < -0.39 is 0 Å². The Balaban J connectivity index is 3.12. The number of aromatic amines is 1. The number of ketones is 1. The predicted octanol–water partition coefficient (Wildman–Crippen LogP) is 1.52. The molecule has 0 spiro atoms. The van der Waals surface area contributed by atoms with Gasteiger partial charge < -0.3 is 10.7 Å². The first-order chi connectivity index (χ1) is 5.15. The number of hydrogen-bond acceptors (Lipinski definition) is 3. The highest BCUT2D eigenvalue weighted by molar-refractivity contribution is 7.98. The number of aromatic nitrogens is 1. The van der Waals surface area contributed by atoms with E-state index in [1.165, 1.54) is 18.7 Å².